The van der Waals surface area contributed by atoms with Gasteiger partial charge in [0.15, 0.2) is 11.5 Å². The maximum atomic E-state index is 12.3. The van der Waals surface area contributed by atoms with E-state index in [0.717, 1.165) is 23.4 Å². The van der Waals surface area contributed by atoms with Gasteiger partial charge in [-0.15, -0.1) is 23.4 Å². The number of carbonyl (C=O) groups is 1. The first kappa shape index (κ1) is 23.4. The van der Waals surface area contributed by atoms with Gasteiger partial charge in [0.2, 0.25) is 5.91 Å². The summed E-state index contributed by atoms with van der Waals surface area (Å²) in [7, 11) is 0. The van der Waals surface area contributed by atoms with E-state index in [1.807, 2.05) is 31.2 Å². The van der Waals surface area contributed by atoms with E-state index in [1.165, 1.54) is 23.9 Å². The standard InChI is InChI=1S/C22H18F3N5O3S/c1-2-32-16-7-3-14(4-8-16)21-28-27-18-11-12-20(29-30(18)21)34-13-19(31)26-15-5-9-17(10-6-15)33-22(23,24)25/h3-12H,2,13H2,1H3,(H,26,31). The van der Waals surface area contributed by atoms with Gasteiger partial charge < -0.3 is 14.8 Å². The number of alkyl halides is 3. The van der Waals surface area contributed by atoms with Crippen molar-refractivity contribution in [3.8, 4) is 22.9 Å². The minimum Gasteiger partial charge on any atom is -0.494 e. The zero-order valence-corrected chi connectivity index (χ0v) is 18.6. The molecule has 2 aromatic carbocycles. The second-order valence-electron chi connectivity index (χ2n) is 6.83. The van der Waals surface area contributed by atoms with Crippen LogP contribution in [0.5, 0.6) is 11.5 Å². The summed E-state index contributed by atoms with van der Waals surface area (Å²) in [5.41, 5.74) is 1.71. The lowest BCUT2D eigenvalue weighted by atomic mass is 10.2. The van der Waals surface area contributed by atoms with Crippen LogP contribution in [0.1, 0.15) is 6.92 Å². The molecule has 34 heavy (non-hydrogen) atoms. The number of nitrogens with zero attached hydrogens (tertiary/aromatic N) is 4. The highest BCUT2D eigenvalue weighted by Gasteiger charge is 2.31. The van der Waals surface area contributed by atoms with Crippen molar-refractivity contribution in [3.05, 3.63) is 60.7 Å². The number of anilines is 1. The second-order valence-corrected chi connectivity index (χ2v) is 7.83. The van der Waals surface area contributed by atoms with Crippen LogP contribution in [-0.4, -0.2) is 44.4 Å². The summed E-state index contributed by atoms with van der Waals surface area (Å²) < 4.78 is 47.6. The highest BCUT2D eigenvalue weighted by atomic mass is 32.2. The van der Waals surface area contributed by atoms with Gasteiger partial charge in [-0.1, -0.05) is 11.8 Å². The van der Waals surface area contributed by atoms with E-state index in [2.05, 4.69) is 25.3 Å². The Labute approximate surface area is 196 Å². The number of rotatable bonds is 8. The molecule has 4 aromatic rings. The van der Waals surface area contributed by atoms with E-state index < -0.39 is 6.36 Å². The molecular weight excluding hydrogens is 471 g/mol. The maximum absolute atomic E-state index is 12.3. The lowest BCUT2D eigenvalue weighted by molar-refractivity contribution is -0.274. The molecule has 0 radical (unpaired) electrons. The molecule has 1 amide bonds. The molecule has 176 valence electrons. The van der Waals surface area contributed by atoms with Crippen LogP contribution >= 0.6 is 11.8 Å². The first-order valence-corrected chi connectivity index (χ1v) is 11.0. The van der Waals surface area contributed by atoms with Crippen LogP contribution in [0, 0.1) is 0 Å². The van der Waals surface area contributed by atoms with Crippen LogP contribution < -0.4 is 14.8 Å². The van der Waals surface area contributed by atoms with Gasteiger partial charge in [-0.25, -0.2) is 0 Å². The predicted octanol–water partition coefficient (Wildman–Crippen LogP) is 4.82. The summed E-state index contributed by atoms with van der Waals surface area (Å²) in [6, 6.07) is 15.8. The fourth-order valence-electron chi connectivity index (χ4n) is 2.97. The third kappa shape index (κ3) is 5.95. The first-order valence-electron chi connectivity index (χ1n) is 10.0. The Morgan fingerprint density at radius 2 is 1.71 bits per heavy atom. The lowest BCUT2D eigenvalue weighted by Gasteiger charge is -2.10. The molecule has 12 heteroatoms. The zero-order chi connectivity index (χ0) is 24.1. The lowest BCUT2D eigenvalue weighted by Crippen LogP contribution is -2.17. The number of thioether (sulfide) groups is 1. The average molecular weight is 489 g/mol. The fourth-order valence-corrected chi connectivity index (χ4v) is 3.63. The third-order valence-electron chi connectivity index (χ3n) is 4.38. The Balaban J connectivity index is 1.39. The largest absolute Gasteiger partial charge is 0.573 e. The number of ether oxygens (including phenoxy) is 2. The Morgan fingerprint density at radius 1 is 1.00 bits per heavy atom. The van der Waals surface area contributed by atoms with Crippen molar-refractivity contribution in [2.75, 3.05) is 17.7 Å². The Hall–Kier alpha value is -3.80. The molecule has 1 N–H and O–H groups in total. The van der Waals surface area contributed by atoms with Crippen LogP contribution in [0.2, 0.25) is 0 Å². The number of fused-ring (bicyclic) bond motifs is 1. The molecule has 0 saturated heterocycles. The van der Waals surface area contributed by atoms with Crippen molar-refractivity contribution in [3.63, 3.8) is 0 Å². The van der Waals surface area contributed by atoms with Crippen LogP contribution in [0.15, 0.2) is 65.7 Å². The van der Waals surface area contributed by atoms with Crippen molar-refractivity contribution < 1.29 is 27.4 Å². The summed E-state index contributed by atoms with van der Waals surface area (Å²) in [5.74, 6) is 0.630. The zero-order valence-electron chi connectivity index (χ0n) is 17.7. The minimum absolute atomic E-state index is 0.0415. The number of nitrogens with one attached hydrogen (secondary N) is 1. The van der Waals surface area contributed by atoms with Gasteiger partial charge >= 0.3 is 6.36 Å². The molecule has 0 atom stereocenters. The van der Waals surface area contributed by atoms with Crippen molar-refractivity contribution in [1.29, 1.82) is 0 Å². The van der Waals surface area contributed by atoms with E-state index >= 15 is 0 Å². The van der Waals surface area contributed by atoms with Gasteiger partial charge in [0.05, 0.1) is 12.4 Å². The van der Waals surface area contributed by atoms with Crippen LogP contribution in [0.4, 0.5) is 18.9 Å². The average Bonchev–Trinajstić information content (AvgIpc) is 3.22. The van der Waals surface area contributed by atoms with Gasteiger partial charge in [-0.2, -0.15) is 9.61 Å². The maximum Gasteiger partial charge on any atom is 0.573 e. The molecule has 0 spiro atoms. The third-order valence-corrected chi connectivity index (χ3v) is 5.30. The summed E-state index contributed by atoms with van der Waals surface area (Å²) in [6.45, 7) is 2.48. The van der Waals surface area contributed by atoms with Crippen LogP contribution in [-0.2, 0) is 4.79 Å². The molecule has 0 aliphatic heterocycles. The summed E-state index contributed by atoms with van der Waals surface area (Å²) in [4.78, 5) is 12.3. The fraction of sp³-hybridized carbons (Fsp3) is 0.182. The molecule has 0 fully saturated rings. The van der Waals surface area contributed by atoms with E-state index in [1.54, 1.807) is 16.6 Å². The number of benzene rings is 2. The minimum atomic E-state index is -4.77. The smallest absolute Gasteiger partial charge is 0.494 e. The molecule has 0 bridgehead atoms. The van der Waals surface area contributed by atoms with Gasteiger partial charge in [0, 0.05) is 11.3 Å². The van der Waals surface area contributed by atoms with Crippen LogP contribution in [0.25, 0.3) is 17.0 Å². The monoisotopic (exact) mass is 489 g/mol. The normalized spacial score (nSPS) is 11.4. The number of hydrogen-bond donors (Lipinski definition) is 1. The quantitative estimate of drug-likeness (QED) is 0.355. The topological polar surface area (TPSA) is 90.6 Å². The second kappa shape index (κ2) is 10.00. The summed E-state index contributed by atoms with van der Waals surface area (Å²) >= 11 is 1.20. The molecule has 8 nitrogen and oxygen atoms in total. The van der Waals surface area contributed by atoms with Crippen molar-refractivity contribution in [1.82, 2.24) is 19.8 Å². The molecule has 0 aliphatic rings. The van der Waals surface area contributed by atoms with E-state index in [9.17, 15) is 18.0 Å². The highest BCUT2D eigenvalue weighted by Crippen LogP contribution is 2.25. The van der Waals surface area contributed by atoms with Gasteiger partial charge in [0.25, 0.3) is 0 Å². The molecule has 4 rings (SSSR count). The molecule has 0 aliphatic carbocycles. The van der Waals surface area contributed by atoms with Crippen molar-refractivity contribution >= 4 is 29.0 Å². The van der Waals surface area contributed by atoms with E-state index in [-0.39, 0.29) is 17.4 Å². The Morgan fingerprint density at radius 3 is 2.38 bits per heavy atom. The predicted molar refractivity (Wildman–Crippen MR) is 120 cm³/mol. The number of aromatic nitrogens is 4. The number of amides is 1. The summed E-state index contributed by atoms with van der Waals surface area (Å²) in [6.07, 6.45) is -4.77. The van der Waals surface area contributed by atoms with Gasteiger partial charge in [-0.05, 0) is 67.6 Å². The van der Waals surface area contributed by atoms with Gasteiger partial charge in [-0.3, -0.25) is 4.79 Å². The SMILES string of the molecule is CCOc1ccc(-c2nnc3ccc(SCC(=O)Nc4ccc(OC(F)(F)F)cc4)nn23)cc1. The molecule has 0 unspecified atom stereocenters. The molecule has 2 heterocycles. The Kier molecular flexibility index (Phi) is 6.87. The first-order chi connectivity index (χ1) is 16.3. The Bertz CT molecular complexity index is 1280. The molecular formula is C22H18F3N5O3S. The van der Waals surface area contributed by atoms with Crippen molar-refractivity contribution in [2.24, 2.45) is 0 Å². The van der Waals surface area contributed by atoms with Crippen molar-refractivity contribution in [2.45, 2.75) is 18.3 Å². The summed E-state index contributed by atoms with van der Waals surface area (Å²) in [5, 5.41) is 16.0. The molecule has 2 aromatic heterocycles. The highest BCUT2D eigenvalue weighted by molar-refractivity contribution is 7.99. The molecule has 0 saturated carbocycles. The number of carbonyl (C=O) groups excluding carboxylic acids is 1. The van der Waals surface area contributed by atoms with Gasteiger partial charge in [0.1, 0.15) is 16.5 Å². The van der Waals surface area contributed by atoms with E-state index in [4.69, 9.17) is 4.74 Å². The van der Waals surface area contributed by atoms with E-state index in [0.29, 0.717) is 28.8 Å². The van der Waals surface area contributed by atoms with Crippen LogP contribution in [0.3, 0.4) is 0 Å². The number of halogens is 3. The number of hydrogen-bond acceptors (Lipinski definition) is 7.